The second-order valence-electron chi connectivity index (χ2n) is 4.64. The number of carbonyl (C=O) groups excluding carboxylic acids is 2. The van der Waals surface area contributed by atoms with E-state index < -0.39 is 31.6 Å². The van der Waals surface area contributed by atoms with Crippen LogP contribution in [0.5, 0.6) is 0 Å². The van der Waals surface area contributed by atoms with Gasteiger partial charge in [0.05, 0.1) is 0 Å². The molecule has 0 aliphatic heterocycles. The minimum absolute atomic E-state index is 0.695. The molecule has 21 heavy (non-hydrogen) atoms. The van der Waals surface area contributed by atoms with Crippen molar-refractivity contribution in [3.63, 3.8) is 0 Å². The first-order chi connectivity index (χ1) is 9.59. The zero-order valence-electron chi connectivity index (χ0n) is 13.1. The van der Waals surface area contributed by atoms with Gasteiger partial charge in [-0.3, -0.25) is 18.7 Å². The summed E-state index contributed by atoms with van der Waals surface area (Å²) in [4.78, 5) is 26.1. The quantitative estimate of drug-likeness (QED) is 0.676. The molecule has 0 aliphatic carbocycles. The maximum absolute atomic E-state index is 12.3. The van der Waals surface area contributed by atoms with E-state index in [2.05, 4.69) is 0 Å². The monoisotopic (exact) mass is 322 g/mol. The molecule has 0 aromatic carbocycles. The van der Waals surface area contributed by atoms with Gasteiger partial charge in [-0.25, -0.2) is 0 Å². The Morgan fingerprint density at radius 2 is 1.62 bits per heavy atom. The molecule has 0 rings (SSSR count). The molecule has 0 fully saturated rings. The highest BCUT2D eigenvalue weighted by atomic mass is 31.2. The van der Waals surface area contributed by atoms with Gasteiger partial charge in [0.1, 0.15) is 0 Å². The van der Waals surface area contributed by atoms with E-state index in [9.17, 15) is 19.3 Å². The molecule has 3 atom stereocenters. The van der Waals surface area contributed by atoms with Gasteiger partial charge in [0, 0.05) is 41.1 Å². The van der Waals surface area contributed by atoms with Gasteiger partial charge in [0.2, 0.25) is 0 Å². The van der Waals surface area contributed by atoms with Gasteiger partial charge in [-0.15, -0.1) is 0 Å². The molecule has 0 bridgehead atoms. The fourth-order valence-corrected chi connectivity index (χ4v) is 2.53. The number of hydrogen-bond acceptors (Lipinski definition) is 6. The Morgan fingerprint density at radius 3 is 1.95 bits per heavy atom. The molecule has 0 heterocycles. The topological polar surface area (TPSA) is 96.4 Å². The summed E-state index contributed by atoms with van der Waals surface area (Å²) in [5.74, 6) is -0.284. The second-order valence-corrected chi connectivity index (χ2v) is 6.59. The highest BCUT2D eigenvalue weighted by Crippen LogP contribution is 2.50. The first-order valence-electron chi connectivity index (χ1n) is 6.17. The fraction of sp³-hybridized carbons (Fsp3) is 0.667. The van der Waals surface area contributed by atoms with Gasteiger partial charge in [-0.2, -0.15) is 0 Å². The van der Waals surface area contributed by atoms with Crippen molar-refractivity contribution in [3.05, 3.63) is 11.9 Å². The van der Waals surface area contributed by atoms with Crippen LogP contribution in [0.25, 0.3) is 0 Å². The molecule has 0 saturated heterocycles. The van der Waals surface area contributed by atoms with Crippen LogP contribution in [0.15, 0.2) is 11.9 Å². The Balaban J connectivity index is 5.49. The first kappa shape index (κ1) is 19.8. The van der Waals surface area contributed by atoms with Gasteiger partial charge < -0.3 is 19.4 Å². The molecule has 0 spiro atoms. The lowest BCUT2D eigenvalue weighted by Crippen LogP contribution is -2.49. The lowest BCUT2D eigenvalue weighted by atomic mass is 10.1. The molecule has 1 N–H and O–H groups in total. The van der Waals surface area contributed by atoms with Crippen molar-refractivity contribution in [3.8, 4) is 0 Å². The summed E-state index contributed by atoms with van der Waals surface area (Å²) in [6.45, 7) is 1.60. The summed E-state index contributed by atoms with van der Waals surface area (Å²) in [7, 11) is 3.12. The van der Waals surface area contributed by atoms with Crippen LogP contribution in [-0.2, 0) is 23.2 Å². The zero-order valence-corrected chi connectivity index (χ0v) is 14.0. The predicted octanol–water partition coefficient (Wildman–Crippen LogP) is 0.282. The van der Waals surface area contributed by atoms with Gasteiger partial charge in [-0.1, -0.05) is 6.08 Å². The van der Waals surface area contributed by atoms with Crippen LogP contribution >= 0.6 is 7.60 Å². The van der Waals surface area contributed by atoms with Gasteiger partial charge in [0.15, 0.2) is 12.2 Å². The van der Waals surface area contributed by atoms with Crippen LogP contribution in [-0.4, -0.2) is 74.2 Å². The van der Waals surface area contributed by atoms with Crippen LogP contribution in [0.1, 0.15) is 6.92 Å². The van der Waals surface area contributed by atoms with E-state index in [0.717, 1.165) is 22.7 Å². The van der Waals surface area contributed by atoms with Gasteiger partial charge >= 0.3 is 7.60 Å². The van der Waals surface area contributed by atoms with Crippen molar-refractivity contribution in [2.45, 2.75) is 19.1 Å². The molecule has 9 heteroatoms. The number of nitrogens with zero attached hydrogens (tertiary/aromatic N) is 2. The van der Waals surface area contributed by atoms with Crippen LogP contribution in [0, 0.1) is 0 Å². The molecule has 0 aliphatic rings. The average Bonchev–Trinajstić information content (AvgIpc) is 2.42. The minimum Gasteiger partial charge on any atom is -0.380 e. The molecular formula is C12H23N2O6P. The fourth-order valence-electron chi connectivity index (χ4n) is 1.37. The number of aliphatic hydroxyl groups excluding tert-OH is 1. The molecule has 0 aromatic heterocycles. The Kier molecular flexibility index (Phi) is 7.81. The number of amides is 2. The zero-order chi connectivity index (χ0) is 16.8. The highest BCUT2D eigenvalue weighted by molar-refractivity contribution is 7.57. The highest BCUT2D eigenvalue weighted by Gasteiger charge is 2.40. The molecular weight excluding hydrogens is 299 g/mol. The Morgan fingerprint density at radius 1 is 1.14 bits per heavy atom. The SMILES string of the molecule is CC=CP(=O)(OC)O[C@@H](C(=O)N(C)C)[C@@H](O)C(=O)N(C)C. The summed E-state index contributed by atoms with van der Waals surface area (Å²) >= 11 is 0. The maximum atomic E-state index is 12.3. The normalized spacial score (nSPS) is 17.1. The third-order valence-electron chi connectivity index (χ3n) is 2.51. The number of hydrogen-bond donors (Lipinski definition) is 1. The van der Waals surface area contributed by atoms with E-state index in [4.69, 9.17) is 9.05 Å². The predicted molar refractivity (Wildman–Crippen MR) is 77.7 cm³/mol. The van der Waals surface area contributed by atoms with E-state index in [-0.39, 0.29) is 0 Å². The Labute approximate surface area is 124 Å². The summed E-state index contributed by atoms with van der Waals surface area (Å²) in [5, 5.41) is 10.0. The second kappa shape index (κ2) is 8.29. The Hall–Kier alpha value is -1.21. The van der Waals surface area contributed by atoms with Crippen LogP contribution in [0.4, 0.5) is 0 Å². The lowest BCUT2D eigenvalue weighted by molar-refractivity contribution is -0.153. The first-order valence-corrected chi connectivity index (χ1v) is 7.79. The average molecular weight is 322 g/mol. The van der Waals surface area contributed by atoms with E-state index in [1.807, 2.05) is 0 Å². The maximum Gasteiger partial charge on any atom is 0.354 e. The molecule has 2 amide bonds. The van der Waals surface area contributed by atoms with Gasteiger partial charge in [0.25, 0.3) is 11.8 Å². The standard InChI is InChI=1S/C12H23N2O6P/c1-7-8-21(18,19-6)20-10(12(17)14(4)5)9(15)11(16)13(2)3/h7-10,15H,1-6H3/t9-,10-,21?/m1/s1. The third kappa shape index (κ3) is 5.59. The van der Waals surface area contributed by atoms with Crippen molar-refractivity contribution >= 4 is 19.4 Å². The van der Waals surface area contributed by atoms with E-state index in [1.165, 1.54) is 34.3 Å². The van der Waals surface area contributed by atoms with E-state index >= 15 is 0 Å². The smallest absolute Gasteiger partial charge is 0.354 e. The lowest BCUT2D eigenvalue weighted by Gasteiger charge is -2.27. The number of rotatable bonds is 7. The largest absolute Gasteiger partial charge is 0.380 e. The number of aliphatic hydroxyl groups is 1. The number of allylic oxidation sites excluding steroid dienone is 1. The molecule has 1 unspecified atom stereocenters. The number of carbonyl (C=O) groups is 2. The summed E-state index contributed by atoms with van der Waals surface area (Å²) in [6, 6.07) is 0. The molecule has 0 radical (unpaired) electrons. The van der Waals surface area contributed by atoms with Crippen LogP contribution in [0.2, 0.25) is 0 Å². The minimum atomic E-state index is -3.73. The molecule has 0 saturated carbocycles. The number of likely N-dealkylation sites (N-methyl/N-ethyl adjacent to an activating group) is 2. The molecule has 0 aromatic rings. The van der Waals surface area contributed by atoms with E-state index in [1.54, 1.807) is 6.92 Å². The van der Waals surface area contributed by atoms with Crippen molar-refractivity contribution in [2.75, 3.05) is 35.3 Å². The van der Waals surface area contributed by atoms with E-state index in [0.29, 0.717) is 0 Å². The molecule has 8 nitrogen and oxygen atoms in total. The Bertz CT molecular complexity index is 449. The van der Waals surface area contributed by atoms with Crippen molar-refractivity contribution in [1.82, 2.24) is 9.80 Å². The van der Waals surface area contributed by atoms with Crippen molar-refractivity contribution in [1.29, 1.82) is 0 Å². The van der Waals surface area contributed by atoms with Crippen molar-refractivity contribution < 1.29 is 28.3 Å². The van der Waals surface area contributed by atoms with Crippen LogP contribution < -0.4 is 0 Å². The van der Waals surface area contributed by atoms with Gasteiger partial charge in [-0.05, 0) is 6.92 Å². The summed E-state index contributed by atoms with van der Waals surface area (Å²) < 4.78 is 22.2. The van der Waals surface area contributed by atoms with Crippen molar-refractivity contribution in [2.24, 2.45) is 0 Å². The summed E-state index contributed by atoms with van der Waals surface area (Å²) in [6.07, 6.45) is -1.98. The van der Waals surface area contributed by atoms with Crippen LogP contribution in [0.3, 0.4) is 0 Å². The molecule has 122 valence electrons. The third-order valence-corrected chi connectivity index (χ3v) is 4.20. The summed E-state index contributed by atoms with van der Waals surface area (Å²) in [5.41, 5.74) is 0.